The second-order valence-corrected chi connectivity index (χ2v) is 20.4. The summed E-state index contributed by atoms with van der Waals surface area (Å²) in [4.78, 5) is 43.8. The lowest BCUT2D eigenvalue weighted by molar-refractivity contribution is -0.148. The zero-order chi connectivity index (χ0) is 50.2. The summed E-state index contributed by atoms with van der Waals surface area (Å²) < 4.78 is 53.1. The summed E-state index contributed by atoms with van der Waals surface area (Å²) in [5.41, 5.74) is 0. The summed E-state index contributed by atoms with van der Waals surface area (Å²) in [7, 11) is -9.58. The first kappa shape index (κ1) is 66.0. The van der Waals surface area contributed by atoms with Crippen LogP contribution in [0.3, 0.4) is 0 Å². The van der Waals surface area contributed by atoms with Crippen LogP contribution in [0.1, 0.15) is 206 Å². The molecule has 0 aliphatic rings. The molecule has 0 rings (SSSR count). The zero-order valence-corrected chi connectivity index (χ0v) is 43.8. The lowest BCUT2D eigenvalue weighted by Crippen LogP contribution is -2.25. The van der Waals surface area contributed by atoms with Gasteiger partial charge >= 0.3 is 27.6 Å². The lowest BCUT2D eigenvalue weighted by Gasteiger charge is -2.19. The topological polar surface area (TPSA) is 225 Å². The first-order valence-electron chi connectivity index (χ1n) is 26.0. The number of phosphoric ester groups is 2. The number of carbonyl (C=O) groups excluding carboxylic acids is 2. The smallest absolute Gasteiger partial charge is 0.463 e. The fourth-order valence-electron chi connectivity index (χ4n) is 6.68. The molecule has 0 fully saturated rings. The van der Waals surface area contributed by atoms with Crippen molar-refractivity contribution < 1.29 is 71.4 Å². The third kappa shape index (κ3) is 49.0. The first-order valence-corrected chi connectivity index (χ1v) is 29.0. The molecule has 0 bridgehead atoms. The maximum atomic E-state index is 12.2. The van der Waals surface area contributed by atoms with Crippen molar-refractivity contribution in [2.45, 2.75) is 225 Å². The molecule has 0 radical (unpaired) electrons. The van der Waals surface area contributed by atoms with Crippen LogP contribution in [-0.2, 0) is 46.3 Å². The highest BCUT2D eigenvalue weighted by molar-refractivity contribution is 7.47. The molecule has 0 aliphatic carbocycles. The molecule has 5 unspecified atom stereocenters. The zero-order valence-electron chi connectivity index (χ0n) is 42.0. The Morgan fingerprint density at radius 3 is 0.985 bits per heavy atom. The van der Waals surface area contributed by atoms with Crippen molar-refractivity contribution in [1.29, 1.82) is 0 Å². The number of phosphoric acid groups is 2. The van der Waals surface area contributed by atoms with Crippen LogP contribution >= 0.6 is 15.6 Å². The number of hydrogen-bond donors (Lipinski definition) is 5. The van der Waals surface area contributed by atoms with Gasteiger partial charge in [-0.25, -0.2) is 9.13 Å². The van der Waals surface area contributed by atoms with Gasteiger partial charge in [-0.1, -0.05) is 165 Å². The van der Waals surface area contributed by atoms with Crippen molar-refractivity contribution in [3.05, 3.63) is 48.6 Å². The van der Waals surface area contributed by atoms with E-state index in [1.165, 1.54) is 89.9 Å². The van der Waals surface area contributed by atoms with E-state index in [0.717, 1.165) is 77.0 Å². The molecule has 0 aromatic rings. The highest BCUT2D eigenvalue weighted by atomic mass is 31.2. The Morgan fingerprint density at radius 1 is 0.382 bits per heavy atom. The van der Waals surface area contributed by atoms with E-state index in [1.54, 1.807) is 0 Å². The number of rotatable bonds is 50. The summed E-state index contributed by atoms with van der Waals surface area (Å²) in [6.45, 7) is 0.384. The van der Waals surface area contributed by atoms with Gasteiger partial charge in [0.2, 0.25) is 0 Å². The predicted molar refractivity (Wildman–Crippen MR) is 270 cm³/mol. The van der Waals surface area contributed by atoms with Gasteiger partial charge in [0.1, 0.15) is 31.5 Å². The van der Waals surface area contributed by atoms with Gasteiger partial charge in [-0.3, -0.25) is 27.7 Å². The largest absolute Gasteiger partial charge is 0.472 e. The number of esters is 2. The highest BCUT2D eigenvalue weighted by Gasteiger charge is 2.28. The number of carbonyl (C=O) groups is 2. The molecular weight excluding hydrogens is 914 g/mol. The molecule has 17 heteroatoms. The Kier molecular flexibility index (Phi) is 45.9. The second-order valence-electron chi connectivity index (χ2n) is 17.5. The molecule has 0 saturated heterocycles. The van der Waals surface area contributed by atoms with Crippen molar-refractivity contribution >= 4 is 27.6 Å². The summed E-state index contributed by atoms with van der Waals surface area (Å²) in [5.74, 6) is -1.00. The maximum absolute atomic E-state index is 12.2. The van der Waals surface area contributed by atoms with Crippen LogP contribution in [0.25, 0.3) is 0 Å². The molecule has 5 N–H and O–H groups in total. The number of allylic oxidation sites excluding steroid dienone is 8. The second kappa shape index (κ2) is 47.3. The summed E-state index contributed by atoms with van der Waals surface area (Å²) >= 11 is 0. The molecule has 0 aromatic carbocycles. The molecule has 15 nitrogen and oxygen atoms in total. The molecule has 68 heavy (non-hydrogen) atoms. The van der Waals surface area contributed by atoms with E-state index < -0.39 is 85.5 Å². The molecular formula is C51H94O15P2. The molecule has 398 valence electrons. The number of hydrogen-bond acceptors (Lipinski definition) is 13. The van der Waals surface area contributed by atoms with E-state index in [9.17, 15) is 43.8 Å². The van der Waals surface area contributed by atoms with E-state index in [0.29, 0.717) is 12.8 Å². The Morgan fingerprint density at radius 2 is 0.632 bits per heavy atom. The minimum Gasteiger partial charge on any atom is -0.463 e. The Hall–Kier alpha value is -2.00. The van der Waals surface area contributed by atoms with Gasteiger partial charge in [0.15, 0.2) is 0 Å². The predicted octanol–water partition coefficient (Wildman–Crippen LogP) is 12.4. The van der Waals surface area contributed by atoms with E-state index in [1.807, 2.05) is 0 Å². The molecule has 0 aliphatic heterocycles. The van der Waals surface area contributed by atoms with Crippen LogP contribution in [0.4, 0.5) is 0 Å². The average Bonchev–Trinajstić information content (AvgIpc) is 3.31. The number of aliphatic hydroxyl groups is 3. The molecule has 0 saturated carbocycles. The van der Waals surface area contributed by atoms with Gasteiger partial charge in [-0.2, -0.15) is 0 Å². The molecule has 0 amide bonds. The summed E-state index contributed by atoms with van der Waals surface area (Å²) in [5, 5.41) is 30.1. The molecule has 0 heterocycles. The monoisotopic (exact) mass is 1010 g/mol. The van der Waals surface area contributed by atoms with E-state index in [4.69, 9.17) is 14.0 Å². The average molecular weight is 1010 g/mol. The van der Waals surface area contributed by atoms with Gasteiger partial charge < -0.3 is 34.6 Å². The van der Waals surface area contributed by atoms with Crippen LogP contribution in [-0.4, -0.2) is 95.0 Å². The van der Waals surface area contributed by atoms with Crippen molar-refractivity contribution in [3.8, 4) is 0 Å². The van der Waals surface area contributed by atoms with Crippen molar-refractivity contribution in [2.75, 3.05) is 39.6 Å². The number of aliphatic hydroxyl groups excluding tert-OH is 3. The fourth-order valence-corrected chi connectivity index (χ4v) is 8.28. The summed E-state index contributed by atoms with van der Waals surface area (Å²) in [6.07, 6.45) is 45.2. The standard InChI is InChI=1S/C51H94O15P2/c1-3-5-7-9-11-13-15-17-19-20-21-22-23-24-26-28-30-32-34-36-38-40-51(56)62-42-48(53)44-64-68(59,60)66-46-49(54)45-65-67(57,58)63-43-47(52)41-61-50(55)39-37-35-33-31-29-27-25-18-16-14-12-10-8-6-4-2/h11,13-14,16-17,19,21-22,47-49,52-54H,3-10,12,15,18,20,23-46H2,1-2H3,(H,57,58)(H,59,60)/b13-11-,16-14-,19-17-,22-21-. The number of unbranched alkanes of at least 4 members (excludes halogenated alkanes) is 22. The van der Waals surface area contributed by atoms with Gasteiger partial charge in [0.05, 0.1) is 26.4 Å². The minimum absolute atomic E-state index is 0.187. The van der Waals surface area contributed by atoms with Crippen LogP contribution in [0, 0.1) is 0 Å². The van der Waals surface area contributed by atoms with E-state index >= 15 is 0 Å². The SMILES string of the molecule is CCCCC/C=C\C/C=C\C/C=C\CCCCCCCCCCC(=O)OCC(O)COP(=O)(O)OCC(O)COP(=O)(O)OCC(O)COC(=O)CCCCCCCCC/C=C\CCCCCC. The Balaban J connectivity index is 3.86. The number of ether oxygens (including phenoxy) is 2. The third-order valence-corrected chi connectivity index (χ3v) is 12.7. The third-order valence-electron chi connectivity index (χ3n) is 10.8. The fraction of sp³-hybridized carbons (Fsp3) is 0.804. The summed E-state index contributed by atoms with van der Waals surface area (Å²) in [6, 6.07) is 0. The van der Waals surface area contributed by atoms with Gasteiger partial charge in [-0.05, 0) is 77.0 Å². The molecule has 0 aromatic heterocycles. The van der Waals surface area contributed by atoms with E-state index in [2.05, 4.69) is 76.0 Å². The van der Waals surface area contributed by atoms with Crippen LogP contribution in [0.2, 0.25) is 0 Å². The lowest BCUT2D eigenvalue weighted by atomic mass is 10.1. The minimum atomic E-state index is -4.79. The Labute approximate surface area is 410 Å². The Bertz CT molecular complexity index is 1410. The van der Waals surface area contributed by atoms with Crippen LogP contribution in [0.15, 0.2) is 48.6 Å². The van der Waals surface area contributed by atoms with Crippen LogP contribution < -0.4 is 0 Å². The quantitative estimate of drug-likeness (QED) is 0.0165. The van der Waals surface area contributed by atoms with Crippen molar-refractivity contribution in [1.82, 2.24) is 0 Å². The van der Waals surface area contributed by atoms with Crippen molar-refractivity contribution in [2.24, 2.45) is 0 Å². The molecule has 5 atom stereocenters. The van der Waals surface area contributed by atoms with Crippen molar-refractivity contribution in [3.63, 3.8) is 0 Å². The van der Waals surface area contributed by atoms with Gasteiger partial charge in [0, 0.05) is 12.8 Å². The molecule has 0 spiro atoms. The normalized spacial score (nSPS) is 15.3. The van der Waals surface area contributed by atoms with Gasteiger partial charge in [-0.15, -0.1) is 0 Å². The highest BCUT2D eigenvalue weighted by Crippen LogP contribution is 2.45. The van der Waals surface area contributed by atoms with E-state index in [-0.39, 0.29) is 12.8 Å². The maximum Gasteiger partial charge on any atom is 0.472 e. The first-order chi connectivity index (χ1) is 32.8. The van der Waals surface area contributed by atoms with Crippen LogP contribution in [0.5, 0.6) is 0 Å². The van der Waals surface area contributed by atoms with Gasteiger partial charge in [0.25, 0.3) is 0 Å².